The number of hydrogen-bond donors (Lipinski definition) is 1. The molecule has 1 aromatic carbocycles. The molecule has 2 N–H and O–H groups in total. The molecule has 0 aliphatic rings. The number of hydrogen-bond acceptors (Lipinski definition) is 1. The summed E-state index contributed by atoms with van der Waals surface area (Å²) in [6.45, 7) is 1.97. The highest BCUT2D eigenvalue weighted by Crippen LogP contribution is 2.35. The van der Waals surface area contributed by atoms with Crippen molar-refractivity contribution in [2.75, 3.05) is 0 Å². The minimum Gasteiger partial charge on any atom is -0.324 e. The van der Waals surface area contributed by atoms with E-state index in [0.717, 1.165) is 12.0 Å². The van der Waals surface area contributed by atoms with Gasteiger partial charge in [0.05, 0.1) is 10.0 Å². The van der Waals surface area contributed by atoms with Gasteiger partial charge < -0.3 is 5.73 Å². The Morgan fingerprint density at radius 1 is 1.23 bits per heavy atom. The van der Waals surface area contributed by atoms with Gasteiger partial charge in [0.2, 0.25) is 0 Å². The van der Waals surface area contributed by atoms with Crippen LogP contribution in [0.25, 0.3) is 0 Å². The van der Waals surface area contributed by atoms with Gasteiger partial charge >= 0.3 is 0 Å². The minimum atomic E-state index is -0.154. The summed E-state index contributed by atoms with van der Waals surface area (Å²) < 4.78 is 0. The van der Waals surface area contributed by atoms with E-state index in [4.69, 9.17) is 40.5 Å². The van der Waals surface area contributed by atoms with Gasteiger partial charge in [-0.3, -0.25) is 0 Å². The predicted octanol–water partition coefficient (Wildman–Crippen LogP) is 4.06. The molecule has 0 radical (unpaired) electrons. The van der Waals surface area contributed by atoms with Crippen molar-refractivity contribution in [3.63, 3.8) is 0 Å². The van der Waals surface area contributed by atoms with Crippen LogP contribution in [0.5, 0.6) is 0 Å². The monoisotopic (exact) mass is 237 g/mol. The molecular formula is C9H10Cl3N. The van der Waals surface area contributed by atoms with E-state index in [1.807, 2.05) is 6.92 Å². The van der Waals surface area contributed by atoms with Crippen LogP contribution in [-0.2, 0) is 0 Å². The van der Waals surface area contributed by atoms with Crippen LogP contribution >= 0.6 is 34.8 Å². The first-order valence-electron chi connectivity index (χ1n) is 3.96. The molecule has 0 saturated heterocycles. The lowest BCUT2D eigenvalue weighted by Crippen LogP contribution is -2.10. The van der Waals surface area contributed by atoms with Gasteiger partial charge in [-0.15, -0.1) is 0 Å². The smallest absolute Gasteiger partial charge is 0.0654 e. The summed E-state index contributed by atoms with van der Waals surface area (Å²) in [7, 11) is 0. The van der Waals surface area contributed by atoms with Crippen molar-refractivity contribution in [2.24, 2.45) is 5.73 Å². The molecule has 0 heterocycles. The molecule has 0 aromatic heterocycles. The molecule has 1 rings (SSSR count). The Hall–Kier alpha value is 0.0500. The average Bonchev–Trinajstić information content (AvgIpc) is 2.12. The second kappa shape index (κ2) is 4.52. The van der Waals surface area contributed by atoms with E-state index in [2.05, 4.69) is 0 Å². The average molecular weight is 239 g/mol. The van der Waals surface area contributed by atoms with E-state index in [-0.39, 0.29) is 6.04 Å². The highest BCUT2D eigenvalue weighted by molar-refractivity contribution is 6.44. The summed E-state index contributed by atoms with van der Waals surface area (Å²) in [5.41, 5.74) is 6.57. The Morgan fingerprint density at radius 3 is 2.31 bits per heavy atom. The fraction of sp³-hybridized carbons (Fsp3) is 0.333. The fourth-order valence-electron chi connectivity index (χ4n) is 1.09. The predicted molar refractivity (Wildman–Crippen MR) is 58.7 cm³/mol. The zero-order chi connectivity index (χ0) is 10.0. The van der Waals surface area contributed by atoms with Gasteiger partial charge in [-0.25, -0.2) is 0 Å². The largest absolute Gasteiger partial charge is 0.324 e. The van der Waals surface area contributed by atoms with Crippen LogP contribution in [0.3, 0.4) is 0 Å². The molecule has 0 unspecified atom stereocenters. The molecule has 0 saturated carbocycles. The van der Waals surface area contributed by atoms with Gasteiger partial charge in [0, 0.05) is 16.6 Å². The summed E-state index contributed by atoms with van der Waals surface area (Å²) in [4.78, 5) is 0. The van der Waals surface area contributed by atoms with Crippen molar-refractivity contribution in [3.05, 3.63) is 32.8 Å². The summed E-state index contributed by atoms with van der Waals surface area (Å²) in [5, 5.41) is 1.53. The lowest BCUT2D eigenvalue weighted by molar-refractivity contribution is 0.699. The van der Waals surface area contributed by atoms with Gasteiger partial charge in [0.1, 0.15) is 0 Å². The molecule has 4 heteroatoms. The quantitative estimate of drug-likeness (QED) is 0.773. The van der Waals surface area contributed by atoms with Crippen LogP contribution in [-0.4, -0.2) is 0 Å². The minimum absolute atomic E-state index is 0.154. The molecule has 13 heavy (non-hydrogen) atoms. The maximum atomic E-state index is 5.98. The van der Waals surface area contributed by atoms with E-state index in [0.29, 0.717) is 15.1 Å². The maximum Gasteiger partial charge on any atom is 0.0654 e. The maximum absolute atomic E-state index is 5.98. The molecule has 1 atom stereocenters. The van der Waals surface area contributed by atoms with Gasteiger partial charge in [-0.2, -0.15) is 0 Å². The summed E-state index contributed by atoms with van der Waals surface area (Å²) >= 11 is 17.8. The fourth-order valence-corrected chi connectivity index (χ4v) is 1.90. The van der Waals surface area contributed by atoms with E-state index in [1.54, 1.807) is 12.1 Å². The molecule has 0 spiro atoms. The number of nitrogens with two attached hydrogens (primary N) is 1. The third-order valence-electron chi connectivity index (χ3n) is 1.89. The van der Waals surface area contributed by atoms with Crippen LogP contribution in [0, 0.1) is 0 Å². The number of benzene rings is 1. The first kappa shape index (κ1) is 11.1. The second-order valence-electron chi connectivity index (χ2n) is 2.77. The summed E-state index contributed by atoms with van der Waals surface area (Å²) in [6.07, 6.45) is 0.778. The van der Waals surface area contributed by atoms with Crippen molar-refractivity contribution in [2.45, 2.75) is 19.4 Å². The third kappa shape index (κ3) is 2.29. The third-order valence-corrected chi connectivity index (χ3v) is 3.04. The Morgan fingerprint density at radius 2 is 1.77 bits per heavy atom. The first-order valence-corrected chi connectivity index (χ1v) is 5.10. The normalized spacial score (nSPS) is 13.0. The van der Waals surface area contributed by atoms with Crippen LogP contribution < -0.4 is 5.73 Å². The SMILES string of the molecule is CC[C@H](N)c1c(Cl)ccc(Cl)c1Cl. The first-order chi connectivity index (χ1) is 6.07. The molecule has 0 aliphatic carbocycles. The molecule has 1 nitrogen and oxygen atoms in total. The summed E-state index contributed by atoms with van der Waals surface area (Å²) in [5.74, 6) is 0. The van der Waals surface area contributed by atoms with E-state index >= 15 is 0 Å². The Labute approximate surface area is 92.8 Å². The Bertz CT molecular complexity index is 312. The lowest BCUT2D eigenvalue weighted by atomic mass is 10.1. The van der Waals surface area contributed by atoms with Crippen molar-refractivity contribution < 1.29 is 0 Å². The highest BCUT2D eigenvalue weighted by atomic mass is 35.5. The van der Waals surface area contributed by atoms with E-state index in [1.165, 1.54) is 0 Å². The molecule has 0 amide bonds. The molecule has 72 valence electrons. The highest BCUT2D eigenvalue weighted by Gasteiger charge is 2.14. The molecule has 0 bridgehead atoms. The number of halogens is 3. The van der Waals surface area contributed by atoms with Crippen molar-refractivity contribution in [1.82, 2.24) is 0 Å². The molecule has 0 aliphatic heterocycles. The van der Waals surface area contributed by atoms with Gasteiger partial charge in [0.15, 0.2) is 0 Å². The van der Waals surface area contributed by atoms with Crippen LogP contribution in [0.1, 0.15) is 24.9 Å². The summed E-state index contributed by atoms with van der Waals surface area (Å²) in [6, 6.07) is 3.22. The van der Waals surface area contributed by atoms with E-state index < -0.39 is 0 Å². The van der Waals surface area contributed by atoms with E-state index in [9.17, 15) is 0 Å². The lowest BCUT2D eigenvalue weighted by Gasteiger charge is -2.13. The van der Waals surface area contributed by atoms with Gasteiger partial charge in [-0.05, 0) is 18.6 Å². The zero-order valence-corrected chi connectivity index (χ0v) is 9.42. The Balaban J connectivity index is 3.25. The molecule has 0 fully saturated rings. The topological polar surface area (TPSA) is 26.0 Å². The van der Waals surface area contributed by atoms with Crippen LogP contribution in [0.4, 0.5) is 0 Å². The van der Waals surface area contributed by atoms with Crippen molar-refractivity contribution in [3.8, 4) is 0 Å². The Kier molecular flexibility index (Phi) is 3.87. The molecular weight excluding hydrogens is 228 g/mol. The van der Waals surface area contributed by atoms with Crippen LogP contribution in [0.2, 0.25) is 15.1 Å². The zero-order valence-electron chi connectivity index (χ0n) is 7.15. The standard InChI is InChI=1S/C9H10Cl3N/c1-2-7(13)8-5(10)3-4-6(11)9(8)12/h3-4,7H,2,13H2,1H3/t7-/m0/s1. The van der Waals surface area contributed by atoms with Crippen molar-refractivity contribution >= 4 is 34.8 Å². The van der Waals surface area contributed by atoms with Gasteiger partial charge in [-0.1, -0.05) is 41.7 Å². The van der Waals surface area contributed by atoms with Crippen LogP contribution in [0.15, 0.2) is 12.1 Å². The second-order valence-corrected chi connectivity index (χ2v) is 3.96. The number of rotatable bonds is 2. The van der Waals surface area contributed by atoms with Crippen molar-refractivity contribution in [1.29, 1.82) is 0 Å². The molecule has 1 aromatic rings. The van der Waals surface area contributed by atoms with Gasteiger partial charge in [0.25, 0.3) is 0 Å².